The Balaban J connectivity index is 2.01. The molecule has 0 N–H and O–H groups in total. The number of hydrogen-bond acceptors (Lipinski definition) is 3. The second-order valence-electron chi connectivity index (χ2n) is 4.62. The molecule has 0 saturated carbocycles. The van der Waals surface area contributed by atoms with Crippen LogP contribution in [0.25, 0.3) is 32.9 Å². The zero-order valence-corrected chi connectivity index (χ0v) is 10.6. The van der Waals surface area contributed by atoms with Gasteiger partial charge in [0.15, 0.2) is 0 Å². The summed E-state index contributed by atoms with van der Waals surface area (Å²) in [4.78, 5) is 4.40. The van der Waals surface area contributed by atoms with Crippen LogP contribution in [0.1, 0.15) is 0 Å². The summed E-state index contributed by atoms with van der Waals surface area (Å²) in [5.74, 6) is 0. The van der Waals surface area contributed by atoms with Crippen molar-refractivity contribution in [2.24, 2.45) is 0 Å². The highest BCUT2D eigenvalue weighted by Gasteiger charge is 2.08. The zero-order valence-electron chi connectivity index (χ0n) is 10.6. The number of hydrogen-bond donors (Lipinski definition) is 0. The van der Waals surface area contributed by atoms with Crippen LogP contribution in [0.4, 0.5) is 0 Å². The van der Waals surface area contributed by atoms with Crippen molar-refractivity contribution < 1.29 is 0 Å². The van der Waals surface area contributed by atoms with E-state index in [2.05, 4.69) is 27.4 Å². The molecule has 2 heterocycles. The maximum Gasteiger partial charge on any atom is 0.119 e. The third-order valence-corrected chi connectivity index (χ3v) is 3.36. The van der Waals surface area contributed by atoms with Gasteiger partial charge in [0.05, 0.1) is 18.1 Å². The molecular formula is C17H10N3. The number of fused-ring (bicyclic) bond motifs is 2. The predicted molar refractivity (Wildman–Crippen MR) is 79.1 cm³/mol. The van der Waals surface area contributed by atoms with E-state index in [1.54, 1.807) is 6.20 Å². The highest BCUT2D eigenvalue weighted by molar-refractivity contribution is 5.94. The zero-order chi connectivity index (χ0) is 13.4. The van der Waals surface area contributed by atoms with Crippen molar-refractivity contribution in [3.8, 4) is 11.4 Å². The monoisotopic (exact) mass is 256 g/mol. The summed E-state index contributed by atoms with van der Waals surface area (Å²) in [6.45, 7) is 0. The average molecular weight is 256 g/mol. The molecule has 0 spiro atoms. The Bertz CT molecular complexity index is 910. The summed E-state index contributed by atoms with van der Waals surface area (Å²) in [5, 5.41) is 12.5. The van der Waals surface area contributed by atoms with Crippen molar-refractivity contribution >= 4 is 21.5 Å². The molecule has 4 rings (SSSR count). The van der Waals surface area contributed by atoms with Gasteiger partial charge in [0, 0.05) is 16.2 Å². The lowest BCUT2D eigenvalue weighted by atomic mass is 10.1. The molecule has 0 amide bonds. The molecule has 4 aromatic rings. The molecule has 0 aliphatic rings. The van der Waals surface area contributed by atoms with E-state index in [0.29, 0.717) is 0 Å². The standard InChI is InChI=1S/C17H10N3/c1-2-6-13-10-18-16(9-12(13)5-1)17-15-8-4-3-7-14(15)11-19-20-17/h1-9,11H. The second-order valence-corrected chi connectivity index (χ2v) is 4.62. The SMILES string of the molecule is [c]1nc(-c2nncc3ccccc23)cc2ccccc12. The summed E-state index contributed by atoms with van der Waals surface area (Å²) in [5.41, 5.74) is 1.60. The maximum atomic E-state index is 4.40. The van der Waals surface area contributed by atoms with Gasteiger partial charge in [0.1, 0.15) is 5.69 Å². The first kappa shape index (κ1) is 11.1. The van der Waals surface area contributed by atoms with Gasteiger partial charge in [0.2, 0.25) is 0 Å². The minimum atomic E-state index is 0.796. The van der Waals surface area contributed by atoms with Gasteiger partial charge in [0.25, 0.3) is 0 Å². The number of rotatable bonds is 1. The lowest BCUT2D eigenvalue weighted by Crippen LogP contribution is -1.92. The van der Waals surface area contributed by atoms with Crippen LogP contribution in [0.3, 0.4) is 0 Å². The van der Waals surface area contributed by atoms with E-state index in [4.69, 9.17) is 0 Å². The molecule has 2 aromatic heterocycles. The van der Waals surface area contributed by atoms with Gasteiger partial charge < -0.3 is 0 Å². The van der Waals surface area contributed by atoms with Crippen molar-refractivity contribution in [3.05, 3.63) is 67.0 Å². The second kappa shape index (κ2) is 4.38. The Morgan fingerprint density at radius 1 is 0.850 bits per heavy atom. The fourth-order valence-corrected chi connectivity index (χ4v) is 2.36. The summed E-state index contributed by atoms with van der Waals surface area (Å²) in [6.07, 6.45) is 4.83. The maximum absolute atomic E-state index is 4.40. The predicted octanol–water partition coefficient (Wildman–Crippen LogP) is 3.65. The third-order valence-electron chi connectivity index (χ3n) is 3.36. The van der Waals surface area contributed by atoms with Gasteiger partial charge in [-0.1, -0.05) is 48.5 Å². The fraction of sp³-hybridized carbons (Fsp3) is 0. The molecule has 93 valence electrons. The van der Waals surface area contributed by atoms with Crippen LogP contribution < -0.4 is 0 Å². The molecule has 0 bridgehead atoms. The highest BCUT2D eigenvalue weighted by atomic mass is 15.1. The van der Waals surface area contributed by atoms with Gasteiger partial charge in [-0.05, 0) is 11.5 Å². The minimum Gasteiger partial charge on any atom is -0.244 e. The largest absolute Gasteiger partial charge is 0.244 e. The molecule has 0 fully saturated rings. The quantitative estimate of drug-likeness (QED) is 0.522. The van der Waals surface area contributed by atoms with E-state index in [9.17, 15) is 0 Å². The van der Waals surface area contributed by atoms with Gasteiger partial charge in [-0.25, -0.2) is 4.98 Å². The van der Waals surface area contributed by atoms with Crippen LogP contribution in [0.2, 0.25) is 0 Å². The molecule has 2 aromatic carbocycles. The van der Waals surface area contributed by atoms with E-state index in [0.717, 1.165) is 32.9 Å². The number of pyridine rings is 1. The molecule has 0 aliphatic carbocycles. The molecule has 3 heteroatoms. The van der Waals surface area contributed by atoms with Crippen LogP contribution in [-0.2, 0) is 0 Å². The Morgan fingerprint density at radius 3 is 2.60 bits per heavy atom. The fourth-order valence-electron chi connectivity index (χ4n) is 2.36. The Labute approximate surface area is 115 Å². The van der Waals surface area contributed by atoms with Crippen LogP contribution in [0.5, 0.6) is 0 Å². The van der Waals surface area contributed by atoms with Crippen LogP contribution in [0, 0.1) is 6.20 Å². The Morgan fingerprint density at radius 2 is 1.65 bits per heavy atom. The smallest absolute Gasteiger partial charge is 0.119 e. The van der Waals surface area contributed by atoms with E-state index >= 15 is 0 Å². The molecule has 0 atom stereocenters. The summed E-state index contributed by atoms with van der Waals surface area (Å²) in [7, 11) is 0. The van der Waals surface area contributed by atoms with E-state index < -0.39 is 0 Å². The Hall–Kier alpha value is -2.81. The summed E-state index contributed by atoms with van der Waals surface area (Å²) < 4.78 is 0. The van der Waals surface area contributed by atoms with Gasteiger partial charge in [-0.2, -0.15) is 5.10 Å². The van der Waals surface area contributed by atoms with Gasteiger partial charge in [-0.3, -0.25) is 0 Å². The number of nitrogens with zero attached hydrogens (tertiary/aromatic N) is 3. The molecule has 0 aliphatic heterocycles. The lowest BCUT2D eigenvalue weighted by molar-refractivity contribution is 1.05. The van der Waals surface area contributed by atoms with Gasteiger partial charge in [-0.15, -0.1) is 5.10 Å². The van der Waals surface area contributed by atoms with Gasteiger partial charge >= 0.3 is 0 Å². The van der Waals surface area contributed by atoms with E-state index in [-0.39, 0.29) is 0 Å². The molecule has 20 heavy (non-hydrogen) atoms. The van der Waals surface area contributed by atoms with Crippen molar-refractivity contribution in [1.29, 1.82) is 0 Å². The third kappa shape index (κ3) is 1.72. The molecular weight excluding hydrogens is 246 g/mol. The lowest BCUT2D eigenvalue weighted by Gasteiger charge is -2.04. The molecule has 1 radical (unpaired) electrons. The first-order valence-electron chi connectivity index (χ1n) is 6.40. The van der Waals surface area contributed by atoms with Crippen molar-refractivity contribution in [2.75, 3.05) is 0 Å². The van der Waals surface area contributed by atoms with Crippen LogP contribution in [-0.4, -0.2) is 15.2 Å². The van der Waals surface area contributed by atoms with Crippen molar-refractivity contribution in [2.45, 2.75) is 0 Å². The highest BCUT2D eigenvalue weighted by Crippen LogP contribution is 2.25. The summed E-state index contributed by atoms with van der Waals surface area (Å²) in [6, 6.07) is 18.1. The average Bonchev–Trinajstić information content (AvgIpc) is 2.54. The van der Waals surface area contributed by atoms with E-state index in [1.807, 2.05) is 48.5 Å². The normalized spacial score (nSPS) is 11.0. The molecule has 0 saturated heterocycles. The Kier molecular flexibility index (Phi) is 2.42. The summed E-state index contributed by atoms with van der Waals surface area (Å²) >= 11 is 0. The number of aromatic nitrogens is 3. The molecule has 3 nitrogen and oxygen atoms in total. The van der Waals surface area contributed by atoms with Crippen LogP contribution >= 0.6 is 0 Å². The van der Waals surface area contributed by atoms with Crippen molar-refractivity contribution in [3.63, 3.8) is 0 Å². The topological polar surface area (TPSA) is 38.7 Å². The molecule has 0 unspecified atom stereocenters. The van der Waals surface area contributed by atoms with Crippen LogP contribution in [0.15, 0.2) is 60.8 Å². The first-order chi connectivity index (χ1) is 9.92. The van der Waals surface area contributed by atoms with E-state index in [1.165, 1.54) is 0 Å². The minimum absolute atomic E-state index is 0.796. The number of benzene rings is 2. The first-order valence-corrected chi connectivity index (χ1v) is 6.40. The van der Waals surface area contributed by atoms with Crippen molar-refractivity contribution in [1.82, 2.24) is 15.2 Å².